The highest BCUT2D eigenvalue weighted by Crippen LogP contribution is 2.25. The zero-order valence-corrected chi connectivity index (χ0v) is 13.2. The zero-order valence-electron chi connectivity index (χ0n) is 13.2. The molecule has 2 unspecified atom stereocenters. The summed E-state index contributed by atoms with van der Waals surface area (Å²) in [6.07, 6.45) is 1.08. The number of ether oxygens (including phenoxy) is 1. The molecule has 1 amide bonds. The van der Waals surface area contributed by atoms with E-state index < -0.39 is 0 Å². The summed E-state index contributed by atoms with van der Waals surface area (Å²) in [5, 5.41) is 3.59. The first kappa shape index (κ1) is 16.0. The number of benzene rings is 1. The van der Waals surface area contributed by atoms with E-state index in [-0.39, 0.29) is 18.6 Å². The van der Waals surface area contributed by atoms with Gasteiger partial charge in [0, 0.05) is 26.2 Å². The number of methoxy groups -OCH3 is 1. The number of nitrogens with one attached hydrogen (secondary N) is 1. The van der Waals surface area contributed by atoms with Crippen LogP contribution in [0, 0.1) is 5.92 Å². The highest BCUT2D eigenvalue weighted by atomic mass is 16.5. The summed E-state index contributed by atoms with van der Waals surface area (Å²) in [5.41, 5.74) is 1.18. The highest BCUT2D eigenvalue weighted by molar-refractivity contribution is 5.78. The Hall–Kier alpha value is -1.39. The quantitative estimate of drug-likeness (QED) is 0.904. The maximum Gasteiger partial charge on any atom is 0.249 e. The number of amides is 1. The lowest BCUT2D eigenvalue weighted by Gasteiger charge is -2.41. The smallest absolute Gasteiger partial charge is 0.249 e. The fourth-order valence-corrected chi connectivity index (χ4v) is 3.00. The third kappa shape index (κ3) is 4.29. The van der Waals surface area contributed by atoms with Crippen molar-refractivity contribution in [1.29, 1.82) is 0 Å². The van der Waals surface area contributed by atoms with Crippen molar-refractivity contribution in [1.82, 2.24) is 10.2 Å². The zero-order chi connectivity index (χ0) is 15.2. The summed E-state index contributed by atoms with van der Waals surface area (Å²) in [5.74, 6) is 0.691. The van der Waals surface area contributed by atoms with Gasteiger partial charge >= 0.3 is 0 Å². The molecule has 0 aromatic heterocycles. The molecule has 1 aromatic rings. The van der Waals surface area contributed by atoms with Crippen molar-refractivity contribution in [2.75, 3.05) is 26.8 Å². The Morgan fingerprint density at radius 3 is 2.71 bits per heavy atom. The van der Waals surface area contributed by atoms with Crippen molar-refractivity contribution in [2.24, 2.45) is 5.92 Å². The summed E-state index contributed by atoms with van der Waals surface area (Å²) in [6.45, 7) is 6.13. The molecule has 1 aliphatic rings. The predicted octanol–water partition coefficient (Wildman–Crippen LogP) is 2.22. The molecular formula is C17H26N2O2. The normalized spacial score (nSPS) is 22.6. The molecule has 4 heteroatoms. The van der Waals surface area contributed by atoms with Crippen molar-refractivity contribution in [3.05, 3.63) is 35.9 Å². The van der Waals surface area contributed by atoms with Crippen LogP contribution in [0.5, 0.6) is 0 Å². The van der Waals surface area contributed by atoms with E-state index in [1.54, 1.807) is 7.11 Å². The van der Waals surface area contributed by atoms with Gasteiger partial charge in [-0.1, -0.05) is 44.2 Å². The average Bonchev–Trinajstić information content (AvgIpc) is 2.48. The summed E-state index contributed by atoms with van der Waals surface area (Å²) in [6, 6.07) is 10.7. The SMILES string of the molecule is COCC(=O)N1CC(CC(C)C)NCC1c1ccccc1. The van der Waals surface area contributed by atoms with E-state index in [1.807, 2.05) is 23.1 Å². The highest BCUT2D eigenvalue weighted by Gasteiger charge is 2.32. The van der Waals surface area contributed by atoms with Gasteiger partial charge in [0.05, 0.1) is 6.04 Å². The second-order valence-corrected chi connectivity index (χ2v) is 6.14. The number of piperazine rings is 1. The number of rotatable bonds is 5. The molecule has 4 nitrogen and oxygen atoms in total. The van der Waals surface area contributed by atoms with Gasteiger partial charge in [-0.05, 0) is 17.9 Å². The van der Waals surface area contributed by atoms with Crippen molar-refractivity contribution in [3.8, 4) is 0 Å². The lowest BCUT2D eigenvalue weighted by molar-refractivity contribution is -0.139. The molecule has 0 aliphatic carbocycles. The molecule has 21 heavy (non-hydrogen) atoms. The van der Waals surface area contributed by atoms with E-state index in [4.69, 9.17) is 4.74 Å². The standard InChI is InChI=1S/C17H26N2O2/c1-13(2)9-15-11-19(17(20)12-21-3)16(10-18-15)14-7-5-4-6-8-14/h4-8,13,15-16,18H,9-12H2,1-3H3. The topological polar surface area (TPSA) is 41.6 Å². The molecule has 0 saturated carbocycles. The molecule has 0 spiro atoms. The summed E-state index contributed by atoms with van der Waals surface area (Å²) in [4.78, 5) is 14.4. The number of hydrogen-bond acceptors (Lipinski definition) is 3. The van der Waals surface area contributed by atoms with Crippen LogP contribution >= 0.6 is 0 Å². The van der Waals surface area contributed by atoms with Crippen molar-refractivity contribution >= 4 is 5.91 Å². The van der Waals surface area contributed by atoms with E-state index in [0.717, 1.165) is 19.5 Å². The van der Waals surface area contributed by atoms with Gasteiger partial charge in [-0.3, -0.25) is 4.79 Å². The minimum absolute atomic E-state index is 0.0709. The number of carbonyl (C=O) groups is 1. The Morgan fingerprint density at radius 1 is 1.38 bits per heavy atom. The number of nitrogens with zero attached hydrogens (tertiary/aromatic N) is 1. The minimum atomic E-state index is 0.0709. The van der Waals surface area contributed by atoms with Crippen LogP contribution in [0.4, 0.5) is 0 Å². The van der Waals surface area contributed by atoms with Crippen LogP contribution in [-0.2, 0) is 9.53 Å². The largest absolute Gasteiger partial charge is 0.375 e. The molecule has 0 radical (unpaired) electrons. The van der Waals surface area contributed by atoms with Gasteiger partial charge in [-0.25, -0.2) is 0 Å². The summed E-state index contributed by atoms with van der Waals surface area (Å²) >= 11 is 0. The van der Waals surface area contributed by atoms with Crippen LogP contribution in [0.2, 0.25) is 0 Å². The van der Waals surface area contributed by atoms with Gasteiger partial charge in [0.2, 0.25) is 5.91 Å². The lowest BCUT2D eigenvalue weighted by Crippen LogP contribution is -2.55. The maximum atomic E-state index is 12.4. The van der Waals surface area contributed by atoms with Crippen LogP contribution in [0.25, 0.3) is 0 Å². The van der Waals surface area contributed by atoms with Gasteiger partial charge in [0.25, 0.3) is 0 Å². The van der Waals surface area contributed by atoms with E-state index in [1.165, 1.54) is 5.56 Å². The third-order valence-electron chi connectivity index (χ3n) is 3.92. The van der Waals surface area contributed by atoms with Crippen molar-refractivity contribution in [3.63, 3.8) is 0 Å². The first-order valence-corrected chi connectivity index (χ1v) is 7.68. The average molecular weight is 290 g/mol. The molecule has 1 N–H and O–H groups in total. The van der Waals surface area contributed by atoms with Crippen LogP contribution in [0.15, 0.2) is 30.3 Å². The first-order chi connectivity index (χ1) is 10.1. The summed E-state index contributed by atoms with van der Waals surface area (Å²) in [7, 11) is 1.57. The molecule has 1 heterocycles. The van der Waals surface area contributed by atoms with Gasteiger partial charge in [0.15, 0.2) is 0 Å². The van der Waals surface area contributed by atoms with E-state index in [2.05, 4.69) is 31.3 Å². The second-order valence-electron chi connectivity index (χ2n) is 6.14. The lowest BCUT2D eigenvalue weighted by atomic mass is 9.96. The Labute approximate surface area is 127 Å². The molecule has 2 atom stereocenters. The Bertz CT molecular complexity index is 447. The van der Waals surface area contributed by atoms with Crippen LogP contribution in [0.1, 0.15) is 31.9 Å². The molecule has 0 bridgehead atoms. The second kappa shape index (κ2) is 7.57. The van der Waals surface area contributed by atoms with E-state index >= 15 is 0 Å². The minimum Gasteiger partial charge on any atom is -0.375 e. The first-order valence-electron chi connectivity index (χ1n) is 7.68. The molecule has 1 saturated heterocycles. The Balaban J connectivity index is 2.14. The molecule has 116 valence electrons. The number of hydrogen-bond donors (Lipinski definition) is 1. The van der Waals surface area contributed by atoms with Crippen molar-refractivity contribution in [2.45, 2.75) is 32.4 Å². The Kier molecular flexibility index (Phi) is 5.76. The number of carbonyl (C=O) groups excluding carboxylic acids is 1. The fraction of sp³-hybridized carbons (Fsp3) is 0.588. The van der Waals surface area contributed by atoms with Crippen LogP contribution in [-0.4, -0.2) is 43.7 Å². The summed E-state index contributed by atoms with van der Waals surface area (Å²) < 4.78 is 5.05. The third-order valence-corrected chi connectivity index (χ3v) is 3.92. The van der Waals surface area contributed by atoms with E-state index in [9.17, 15) is 4.79 Å². The molecular weight excluding hydrogens is 264 g/mol. The van der Waals surface area contributed by atoms with Gasteiger partial charge in [-0.15, -0.1) is 0 Å². The molecule has 1 aromatic carbocycles. The van der Waals surface area contributed by atoms with Gasteiger partial charge in [0.1, 0.15) is 6.61 Å². The molecule has 1 aliphatic heterocycles. The molecule has 1 fully saturated rings. The van der Waals surface area contributed by atoms with Gasteiger partial charge < -0.3 is 15.0 Å². The maximum absolute atomic E-state index is 12.4. The van der Waals surface area contributed by atoms with Crippen LogP contribution in [0.3, 0.4) is 0 Å². The van der Waals surface area contributed by atoms with E-state index in [0.29, 0.717) is 12.0 Å². The predicted molar refractivity (Wildman–Crippen MR) is 84.0 cm³/mol. The molecule has 2 rings (SSSR count). The monoisotopic (exact) mass is 290 g/mol. The fourth-order valence-electron chi connectivity index (χ4n) is 3.00. The van der Waals surface area contributed by atoms with Crippen LogP contribution < -0.4 is 5.32 Å². The van der Waals surface area contributed by atoms with Gasteiger partial charge in [-0.2, -0.15) is 0 Å². The Morgan fingerprint density at radius 2 is 2.10 bits per heavy atom. The van der Waals surface area contributed by atoms with Crippen molar-refractivity contribution < 1.29 is 9.53 Å².